The van der Waals surface area contributed by atoms with E-state index in [1.54, 1.807) is 12.1 Å². The fourth-order valence-corrected chi connectivity index (χ4v) is 6.09. The lowest BCUT2D eigenvalue weighted by molar-refractivity contribution is -0.124. The maximum atomic E-state index is 12.8. The summed E-state index contributed by atoms with van der Waals surface area (Å²) in [6.07, 6.45) is 4.27. The molecule has 1 amide bonds. The Labute approximate surface area is 186 Å². The number of nitrogens with one attached hydrogen (secondary N) is 1. The predicted molar refractivity (Wildman–Crippen MR) is 119 cm³/mol. The summed E-state index contributed by atoms with van der Waals surface area (Å²) in [6.45, 7) is 1.11. The van der Waals surface area contributed by atoms with Gasteiger partial charge in [0.25, 0.3) is 0 Å². The van der Waals surface area contributed by atoms with Gasteiger partial charge in [-0.15, -0.1) is 0 Å². The zero-order chi connectivity index (χ0) is 21.2. The summed E-state index contributed by atoms with van der Waals surface area (Å²) in [4.78, 5) is 13.1. The molecular weight excluding hydrogens is 466 g/mol. The molecule has 1 aliphatic heterocycles. The van der Waals surface area contributed by atoms with Crippen LogP contribution in [0.25, 0.3) is 0 Å². The van der Waals surface area contributed by atoms with Crippen LogP contribution in [0.3, 0.4) is 0 Å². The van der Waals surface area contributed by atoms with E-state index >= 15 is 0 Å². The van der Waals surface area contributed by atoms with Gasteiger partial charge in [-0.2, -0.15) is 0 Å². The fraction of sp³-hybridized carbons (Fsp3) is 0.435. The first kappa shape index (κ1) is 21.5. The third-order valence-corrected chi connectivity index (χ3v) is 8.34. The highest BCUT2D eigenvalue weighted by molar-refractivity contribution is 9.10. The van der Waals surface area contributed by atoms with E-state index in [4.69, 9.17) is 4.74 Å². The number of rotatable bonds is 6. The minimum Gasteiger partial charge on any atom is -0.381 e. The highest BCUT2D eigenvalue weighted by Gasteiger charge is 2.36. The minimum atomic E-state index is -3.50. The third kappa shape index (κ3) is 4.63. The molecule has 0 radical (unpaired) electrons. The molecule has 0 aromatic heterocycles. The van der Waals surface area contributed by atoms with Gasteiger partial charge in [-0.3, -0.25) is 4.79 Å². The van der Waals surface area contributed by atoms with Crippen LogP contribution in [0.1, 0.15) is 42.4 Å². The van der Waals surface area contributed by atoms with Crippen LogP contribution < -0.4 is 5.32 Å². The van der Waals surface area contributed by atoms with Crippen LogP contribution in [0, 0.1) is 0 Å². The van der Waals surface area contributed by atoms with Gasteiger partial charge in [-0.05, 0) is 73.1 Å². The van der Waals surface area contributed by atoms with E-state index in [0.717, 1.165) is 34.9 Å². The SMILES string of the molecule is O=C(CCS(=O)(=O)c1ccc2c(c1)CCC2)NC1(c2cccc(Br)c2)CCOCC1. The lowest BCUT2D eigenvalue weighted by atomic mass is 9.82. The molecule has 7 heteroatoms. The Morgan fingerprint density at radius 1 is 1.07 bits per heavy atom. The fourth-order valence-electron chi connectivity index (χ4n) is 4.41. The molecule has 0 bridgehead atoms. The number of ether oxygens (including phenoxy) is 1. The van der Waals surface area contributed by atoms with E-state index in [1.807, 2.05) is 30.3 Å². The molecular formula is C23H26BrNO4S. The van der Waals surface area contributed by atoms with E-state index < -0.39 is 15.4 Å². The van der Waals surface area contributed by atoms with Gasteiger partial charge in [0.1, 0.15) is 0 Å². The molecule has 2 aliphatic rings. The molecule has 0 saturated carbocycles. The molecule has 2 aromatic rings. The highest BCUT2D eigenvalue weighted by atomic mass is 79.9. The van der Waals surface area contributed by atoms with Crippen molar-refractivity contribution in [2.75, 3.05) is 19.0 Å². The summed E-state index contributed by atoms with van der Waals surface area (Å²) in [5.74, 6) is -0.440. The number of aryl methyl sites for hydroxylation is 2. The zero-order valence-electron chi connectivity index (χ0n) is 16.8. The summed E-state index contributed by atoms with van der Waals surface area (Å²) >= 11 is 3.50. The van der Waals surface area contributed by atoms with Crippen molar-refractivity contribution >= 4 is 31.7 Å². The van der Waals surface area contributed by atoms with Crippen LogP contribution in [0.15, 0.2) is 51.8 Å². The van der Waals surface area contributed by atoms with Crippen molar-refractivity contribution in [2.24, 2.45) is 0 Å². The summed E-state index contributed by atoms with van der Waals surface area (Å²) in [7, 11) is -3.50. The number of carbonyl (C=O) groups is 1. The van der Waals surface area contributed by atoms with E-state index in [9.17, 15) is 13.2 Å². The molecule has 2 aromatic carbocycles. The molecule has 0 atom stereocenters. The standard InChI is InChI=1S/C23H26BrNO4S/c24-20-6-2-5-19(16-20)23(10-12-29-13-11-23)25-22(26)9-14-30(27,28)21-8-7-17-3-1-4-18(17)15-21/h2,5-8,15-16H,1,3-4,9-14H2,(H,25,26). The van der Waals surface area contributed by atoms with Gasteiger partial charge in [-0.25, -0.2) is 8.42 Å². The van der Waals surface area contributed by atoms with Crippen LogP contribution >= 0.6 is 15.9 Å². The Kier molecular flexibility index (Phi) is 6.32. The summed E-state index contributed by atoms with van der Waals surface area (Å²) in [5, 5.41) is 3.14. The van der Waals surface area contributed by atoms with Crippen molar-refractivity contribution in [1.82, 2.24) is 5.32 Å². The van der Waals surface area contributed by atoms with E-state index in [2.05, 4.69) is 21.2 Å². The topological polar surface area (TPSA) is 72.5 Å². The lowest BCUT2D eigenvalue weighted by Crippen LogP contribution is -2.49. The van der Waals surface area contributed by atoms with Gasteiger partial charge in [0.15, 0.2) is 9.84 Å². The summed E-state index contributed by atoms with van der Waals surface area (Å²) in [5.41, 5.74) is 2.84. The summed E-state index contributed by atoms with van der Waals surface area (Å²) < 4.78 is 32.1. The molecule has 0 unspecified atom stereocenters. The van der Waals surface area contributed by atoms with Crippen LogP contribution in [-0.4, -0.2) is 33.3 Å². The molecule has 0 spiro atoms. The Bertz CT molecular complexity index is 1040. The quantitative estimate of drug-likeness (QED) is 0.664. The predicted octanol–water partition coefficient (Wildman–Crippen LogP) is 3.92. The molecule has 1 N–H and O–H groups in total. The van der Waals surface area contributed by atoms with Crippen molar-refractivity contribution in [3.05, 3.63) is 63.6 Å². The van der Waals surface area contributed by atoms with Crippen molar-refractivity contribution in [1.29, 1.82) is 0 Å². The zero-order valence-corrected chi connectivity index (χ0v) is 19.2. The average Bonchev–Trinajstić information content (AvgIpc) is 3.21. The van der Waals surface area contributed by atoms with Gasteiger partial charge in [0.2, 0.25) is 5.91 Å². The first-order valence-corrected chi connectivity index (χ1v) is 12.8. The first-order valence-electron chi connectivity index (χ1n) is 10.4. The van der Waals surface area contributed by atoms with Crippen molar-refractivity contribution in [3.63, 3.8) is 0 Å². The summed E-state index contributed by atoms with van der Waals surface area (Å²) in [6, 6.07) is 13.3. The Morgan fingerprint density at radius 3 is 2.60 bits per heavy atom. The number of carbonyl (C=O) groups excluding carboxylic acids is 1. The maximum Gasteiger partial charge on any atom is 0.221 e. The van der Waals surface area contributed by atoms with Crippen LogP contribution in [0.4, 0.5) is 0 Å². The number of hydrogen-bond acceptors (Lipinski definition) is 4. The molecule has 160 valence electrons. The molecule has 30 heavy (non-hydrogen) atoms. The second kappa shape index (κ2) is 8.81. The second-order valence-electron chi connectivity index (χ2n) is 8.11. The minimum absolute atomic E-state index is 0.0595. The van der Waals surface area contributed by atoms with Crippen LogP contribution in [0.2, 0.25) is 0 Å². The van der Waals surface area contributed by atoms with E-state index in [0.29, 0.717) is 31.0 Å². The number of benzene rings is 2. The molecule has 1 aliphatic carbocycles. The van der Waals surface area contributed by atoms with Crippen molar-refractivity contribution in [3.8, 4) is 0 Å². The third-order valence-electron chi connectivity index (χ3n) is 6.13. The molecule has 4 rings (SSSR count). The Morgan fingerprint density at radius 2 is 1.83 bits per heavy atom. The van der Waals surface area contributed by atoms with Gasteiger partial charge in [0, 0.05) is 24.1 Å². The maximum absolute atomic E-state index is 12.8. The lowest BCUT2D eigenvalue weighted by Gasteiger charge is -2.38. The van der Waals surface area contributed by atoms with Crippen molar-refractivity contribution in [2.45, 2.75) is 49.0 Å². The smallest absolute Gasteiger partial charge is 0.221 e. The number of hydrogen-bond donors (Lipinski definition) is 1. The monoisotopic (exact) mass is 491 g/mol. The molecule has 1 heterocycles. The number of fused-ring (bicyclic) bond motifs is 1. The second-order valence-corrected chi connectivity index (χ2v) is 11.1. The first-order chi connectivity index (χ1) is 14.4. The number of amides is 1. The Balaban J connectivity index is 1.46. The van der Waals surface area contributed by atoms with Gasteiger partial charge >= 0.3 is 0 Å². The molecule has 1 fully saturated rings. The largest absolute Gasteiger partial charge is 0.381 e. The number of sulfone groups is 1. The highest BCUT2D eigenvalue weighted by Crippen LogP contribution is 2.34. The molecule has 1 saturated heterocycles. The average molecular weight is 492 g/mol. The van der Waals surface area contributed by atoms with Crippen LogP contribution in [-0.2, 0) is 37.7 Å². The van der Waals surface area contributed by atoms with Crippen LogP contribution in [0.5, 0.6) is 0 Å². The molecule has 5 nitrogen and oxygen atoms in total. The number of halogens is 1. The normalized spacial score (nSPS) is 18.0. The van der Waals surface area contributed by atoms with E-state index in [1.165, 1.54) is 5.56 Å². The van der Waals surface area contributed by atoms with E-state index in [-0.39, 0.29) is 18.1 Å². The van der Waals surface area contributed by atoms with Gasteiger partial charge in [-0.1, -0.05) is 34.1 Å². The Hall–Kier alpha value is -1.70. The van der Waals surface area contributed by atoms with Gasteiger partial charge in [0.05, 0.1) is 16.2 Å². The van der Waals surface area contributed by atoms with Gasteiger partial charge < -0.3 is 10.1 Å². The van der Waals surface area contributed by atoms with Crippen molar-refractivity contribution < 1.29 is 17.9 Å².